The number of carbonyl (C=O) groups is 2. The maximum atomic E-state index is 13.2. The predicted molar refractivity (Wildman–Crippen MR) is 125 cm³/mol. The van der Waals surface area contributed by atoms with E-state index in [2.05, 4.69) is 15.6 Å². The molecular weight excluding hydrogens is 467 g/mol. The number of carbonyl (C=O) groups excluding carboxylic acids is 2. The van der Waals surface area contributed by atoms with E-state index in [1.54, 1.807) is 0 Å². The molecule has 0 spiro atoms. The molecule has 2 amide bonds. The number of amides is 2. The molecular formula is C22H29FN4O4S2. The third-order valence-electron chi connectivity index (χ3n) is 5.85. The van der Waals surface area contributed by atoms with E-state index in [-0.39, 0.29) is 35.7 Å². The molecule has 1 aromatic heterocycles. The van der Waals surface area contributed by atoms with Gasteiger partial charge in [-0.05, 0) is 49.9 Å². The van der Waals surface area contributed by atoms with Gasteiger partial charge in [0.1, 0.15) is 11.9 Å². The van der Waals surface area contributed by atoms with Crippen molar-refractivity contribution in [1.82, 2.24) is 14.6 Å². The summed E-state index contributed by atoms with van der Waals surface area (Å²) in [7, 11) is -3.85. The van der Waals surface area contributed by atoms with Crippen molar-refractivity contribution < 1.29 is 22.4 Å². The molecule has 0 saturated carbocycles. The van der Waals surface area contributed by atoms with E-state index in [9.17, 15) is 22.4 Å². The third kappa shape index (κ3) is 6.15. The van der Waals surface area contributed by atoms with Crippen LogP contribution in [0.3, 0.4) is 0 Å². The highest BCUT2D eigenvalue weighted by atomic mass is 32.2. The first-order valence-electron chi connectivity index (χ1n) is 10.9. The van der Waals surface area contributed by atoms with Gasteiger partial charge in [-0.1, -0.05) is 20.3 Å². The number of hydrogen-bond donors (Lipinski definition) is 2. The lowest BCUT2D eigenvalue weighted by Crippen LogP contribution is -2.52. The summed E-state index contributed by atoms with van der Waals surface area (Å²) in [5.74, 6) is -1.94. The van der Waals surface area contributed by atoms with Crippen molar-refractivity contribution >= 4 is 38.3 Å². The van der Waals surface area contributed by atoms with Crippen molar-refractivity contribution in [3.63, 3.8) is 0 Å². The van der Waals surface area contributed by atoms with Gasteiger partial charge in [-0.3, -0.25) is 9.59 Å². The zero-order valence-electron chi connectivity index (χ0n) is 18.9. The van der Waals surface area contributed by atoms with Gasteiger partial charge < -0.3 is 10.6 Å². The smallest absolute Gasteiger partial charge is 0.249 e. The number of halogens is 1. The molecule has 2 N–H and O–H groups in total. The van der Waals surface area contributed by atoms with Crippen LogP contribution < -0.4 is 10.6 Å². The highest BCUT2D eigenvalue weighted by Crippen LogP contribution is 2.25. The summed E-state index contributed by atoms with van der Waals surface area (Å²) >= 11 is 1.31. The number of nitrogens with one attached hydrogen (secondary N) is 2. The largest absolute Gasteiger partial charge is 0.344 e. The van der Waals surface area contributed by atoms with Gasteiger partial charge in [0.15, 0.2) is 5.13 Å². The predicted octanol–water partition coefficient (Wildman–Crippen LogP) is 3.16. The molecule has 0 radical (unpaired) electrons. The zero-order valence-corrected chi connectivity index (χ0v) is 20.5. The van der Waals surface area contributed by atoms with Crippen molar-refractivity contribution in [1.29, 1.82) is 0 Å². The van der Waals surface area contributed by atoms with Gasteiger partial charge in [-0.15, -0.1) is 11.3 Å². The first-order valence-corrected chi connectivity index (χ1v) is 13.2. The number of sulfonamides is 1. The zero-order chi connectivity index (χ0) is 24.2. The van der Waals surface area contributed by atoms with E-state index in [0.29, 0.717) is 24.4 Å². The molecule has 1 aliphatic heterocycles. The molecule has 33 heavy (non-hydrogen) atoms. The summed E-state index contributed by atoms with van der Waals surface area (Å²) in [5, 5.41) is 7.89. The fourth-order valence-corrected chi connectivity index (χ4v) is 5.91. The highest BCUT2D eigenvalue weighted by Gasteiger charge is 2.35. The summed E-state index contributed by atoms with van der Waals surface area (Å²) in [6, 6.07) is 3.87. The second-order valence-electron chi connectivity index (χ2n) is 8.31. The summed E-state index contributed by atoms with van der Waals surface area (Å²) in [6.07, 6.45) is 1.70. The quantitative estimate of drug-likeness (QED) is 0.584. The standard InChI is InChI=1S/C22H29FN4O4S2/c1-4-14(2)19(21(29)26-22-24-15(3)13-32-22)25-20(28)16-6-5-11-27(12-16)33(30,31)18-9-7-17(23)8-10-18/h7-10,13-14,16,19H,4-6,11-12H2,1-3H3,(H,25,28)(H,24,26,29)/t14-,16-,19-/m0/s1. The Morgan fingerprint density at radius 3 is 2.61 bits per heavy atom. The van der Waals surface area contributed by atoms with Crippen LogP contribution in [0.15, 0.2) is 34.5 Å². The van der Waals surface area contributed by atoms with Crippen LogP contribution in [0.2, 0.25) is 0 Å². The van der Waals surface area contributed by atoms with E-state index in [0.717, 1.165) is 17.8 Å². The number of hydrogen-bond acceptors (Lipinski definition) is 6. The first kappa shape index (κ1) is 25.3. The molecule has 11 heteroatoms. The third-order valence-corrected chi connectivity index (χ3v) is 8.60. The minimum Gasteiger partial charge on any atom is -0.344 e. The van der Waals surface area contributed by atoms with Gasteiger partial charge in [0, 0.05) is 18.5 Å². The Kier molecular flexibility index (Phi) is 8.19. The lowest BCUT2D eigenvalue weighted by atomic mass is 9.95. The van der Waals surface area contributed by atoms with Crippen LogP contribution in [0.1, 0.15) is 38.8 Å². The van der Waals surface area contributed by atoms with Gasteiger partial charge in [0.2, 0.25) is 21.8 Å². The number of piperidine rings is 1. The number of benzene rings is 1. The molecule has 1 aromatic carbocycles. The van der Waals surface area contributed by atoms with Crippen molar-refractivity contribution in [2.75, 3.05) is 18.4 Å². The topological polar surface area (TPSA) is 108 Å². The number of thiazole rings is 1. The van der Waals surface area contributed by atoms with E-state index in [4.69, 9.17) is 0 Å². The average Bonchev–Trinajstić information content (AvgIpc) is 3.21. The summed E-state index contributed by atoms with van der Waals surface area (Å²) < 4.78 is 40.4. The van der Waals surface area contributed by atoms with E-state index in [1.165, 1.54) is 27.8 Å². The fraction of sp³-hybridized carbons (Fsp3) is 0.500. The Bertz CT molecular complexity index is 1090. The summed E-state index contributed by atoms with van der Waals surface area (Å²) in [5.41, 5.74) is 0.795. The molecule has 0 bridgehead atoms. The van der Waals surface area contributed by atoms with Crippen LogP contribution in [0, 0.1) is 24.6 Å². The monoisotopic (exact) mass is 496 g/mol. The minimum atomic E-state index is -3.85. The Hall–Kier alpha value is -2.37. The van der Waals surface area contributed by atoms with Crippen molar-refractivity contribution in [2.45, 2.75) is 51.0 Å². The summed E-state index contributed by atoms with van der Waals surface area (Å²) in [4.78, 5) is 30.2. The Morgan fingerprint density at radius 1 is 1.30 bits per heavy atom. The molecule has 2 heterocycles. The Morgan fingerprint density at radius 2 is 2.00 bits per heavy atom. The van der Waals surface area contributed by atoms with E-state index in [1.807, 2.05) is 26.2 Å². The molecule has 1 fully saturated rings. The maximum absolute atomic E-state index is 13.2. The first-order chi connectivity index (χ1) is 15.6. The van der Waals surface area contributed by atoms with Crippen LogP contribution >= 0.6 is 11.3 Å². The number of anilines is 1. The number of aromatic nitrogens is 1. The summed E-state index contributed by atoms with van der Waals surface area (Å²) in [6.45, 7) is 5.93. The van der Waals surface area contributed by atoms with Crippen LogP contribution in [0.4, 0.5) is 9.52 Å². The van der Waals surface area contributed by atoms with Crippen molar-refractivity contribution in [3.8, 4) is 0 Å². The van der Waals surface area contributed by atoms with Crippen LogP contribution in [-0.4, -0.2) is 48.7 Å². The average molecular weight is 497 g/mol. The van der Waals surface area contributed by atoms with Crippen molar-refractivity contribution in [2.24, 2.45) is 11.8 Å². The number of nitrogens with zero attached hydrogens (tertiary/aromatic N) is 2. The lowest BCUT2D eigenvalue weighted by Gasteiger charge is -2.32. The normalized spacial score (nSPS) is 19.0. The lowest BCUT2D eigenvalue weighted by molar-refractivity contribution is -0.131. The molecule has 0 unspecified atom stereocenters. The number of rotatable bonds is 8. The second kappa shape index (κ2) is 10.7. The molecule has 180 valence electrons. The van der Waals surface area contributed by atoms with Crippen LogP contribution in [0.5, 0.6) is 0 Å². The number of aryl methyl sites for hydroxylation is 1. The van der Waals surface area contributed by atoms with Crippen molar-refractivity contribution in [3.05, 3.63) is 41.2 Å². The Labute approximate surface area is 197 Å². The highest BCUT2D eigenvalue weighted by molar-refractivity contribution is 7.89. The molecule has 8 nitrogen and oxygen atoms in total. The van der Waals surface area contributed by atoms with Gasteiger partial charge in [0.25, 0.3) is 0 Å². The van der Waals surface area contributed by atoms with Crippen LogP contribution in [-0.2, 0) is 19.6 Å². The van der Waals surface area contributed by atoms with E-state index >= 15 is 0 Å². The van der Waals surface area contributed by atoms with Crippen LogP contribution in [0.25, 0.3) is 0 Å². The SMILES string of the molecule is CC[C@H](C)[C@H](NC(=O)[C@H]1CCCN(S(=O)(=O)c2ccc(F)cc2)C1)C(=O)Nc1nc(C)cs1. The minimum absolute atomic E-state index is 0.00601. The fourth-order valence-electron chi connectivity index (χ4n) is 3.70. The van der Waals surface area contributed by atoms with Gasteiger partial charge in [0.05, 0.1) is 16.5 Å². The molecule has 3 atom stereocenters. The molecule has 2 aromatic rings. The van der Waals surface area contributed by atoms with Gasteiger partial charge in [-0.25, -0.2) is 17.8 Å². The van der Waals surface area contributed by atoms with Gasteiger partial charge >= 0.3 is 0 Å². The molecule has 1 aliphatic rings. The van der Waals surface area contributed by atoms with Gasteiger partial charge in [-0.2, -0.15) is 4.31 Å². The van der Waals surface area contributed by atoms with E-state index < -0.39 is 27.8 Å². The Balaban J connectivity index is 1.70. The molecule has 1 saturated heterocycles. The molecule has 3 rings (SSSR count). The molecule has 0 aliphatic carbocycles. The second-order valence-corrected chi connectivity index (χ2v) is 11.1. The maximum Gasteiger partial charge on any atom is 0.249 e.